The molecule has 2 aromatic carbocycles. The minimum absolute atomic E-state index is 0.0892. The molecule has 6 heteroatoms. The van der Waals surface area contributed by atoms with Crippen molar-refractivity contribution in [3.05, 3.63) is 70.9 Å². The molecule has 1 unspecified atom stereocenters. The molecule has 4 rings (SSSR count). The van der Waals surface area contributed by atoms with Gasteiger partial charge in [-0.05, 0) is 55.3 Å². The summed E-state index contributed by atoms with van der Waals surface area (Å²) in [4.78, 5) is 25.7. The van der Waals surface area contributed by atoms with Crippen LogP contribution in [-0.4, -0.2) is 28.6 Å². The molecule has 0 radical (unpaired) electrons. The van der Waals surface area contributed by atoms with Crippen LogP contribution in [0, 0.1) is 6.92 Å². The molecule has 1 aliphatic heterocycles. The summed E-state index contributed by atoms with van der Waals surface area (Å²) in [6.07, 6.45) is 1.01. The van der Waals surface area contributed by atoms with Crippen LogP contribution in [0.3, 0.4) is 0 Å². The molecule has 0 saturated carbocycles. The van der Waals surface area contributed by atoms with Crippen molar-refractivity contribution in [3.8, 4) is 11.4 Å². The van der Waals surface area contributed by atoms with Gasteiger partial charge < -0.3 is 10.1 Å². The SMILES string of the molecule is CCc1cccc(-n2nc(C)c3c2NC(=O)CC3C(=O)c2ccc(OC)cc2)c1. The quantitative estimate of drug-likeness (QED) is 0.668. The second kappa shape index (κ2) is 7.54. The maximum absolute atomic E-state index is 13.2. The van der Waals surface area contributed by atoms with E-state index in [1.807, 2.05) is 25.1 Å². The molecule has 0 bridgehead atoms. The first-order valence-corrected chi connectivity index (χ1v) is 9.68. The Morgan fingerprint density at radius 2 is 2.00 bits per heavy atom. The number of fused-ring (bicyclic) bond motifs is 1. The number of hydrogen-bond acceptors (Lipinski definition) is 4. The molecule has 1 amide bonds. The third-order valence-corrected chi connectivity index (χ3v) is 5.36. The van der Waals surface area contributed by atoms with Crippen molar-refractivity contribution in [2.24, 2.45) is 0 Å². The monoisotopic (exact) mass is 389 g/mol. The van der Waals surface area contributed by atoms with E-state index in [2.05, 4.69) is 23.4 Å². The predicted octanol–water partition coefficient (Wildman–Crippen LogP) is 4.06. The molecule has 6 nitrogen and oxygen atoms in total. The van der Waals surface area contributed by atoms with Crippen LogP contribution < -0.4 is 10.1 Å². The van der Waals surface area contributed by atoms with Crippen molar-refractivity contribution in [3.63, 3.8) is 0 Å². The van der Waals surface area contributed by atoms with Crippen LogP contribution in [-0.2, 0) is 11.2 Å². The van der Waals surface area contributed by atoms with Gasteiger partial charge in [0, 0.05) is 17.5 Å². The highest BCUT2D eigenvalue weighted by Crippen LogP contribution is 2.38. The molecule has 0 aliphatic carbocycles. The second-order valence-corrected chi connectivity index (χ2v) is 7.18. The first-order valence-electron chi connectivity index (χ1n) is 9.68. The fourth-order valence-electron chi connectivity index (χ4n) is 3.82. The highest BCUT2D eigenvalue weighted by atomic mass is 16.5. The number of amides is 1. The zero-order valence-electron chi connectivity index (χ0n) is 16.7. The van der Waals surface area contributed by atoms with Gasteiger partial charge in [-0.15, -0.1) is 0 Å². The second-order valence-electron chi connectivity index (χ2n) is 7.18. The Morgan fingerprint density at radius 3 is 2.69 bits per heavy atom. The number of aromatic nitrogens is 2. The van der Waals surface area contributed by atoms with E-state index in [1.165, 1.54) is 5.56 Å². The maximum atomic E-state index is 13.2. The van der Waals surface area contributed by atoms with Crippen LogP contribution in [0.4, 0.5) is 5.82 Å². The topological polar surface area (TPSA) is 73.2 Å². The lowest BCUT2D eigenvalue weighted by Gasteiger charge is -2.23. The van der Waals surface area contributed by atoms with Crippen molar-refractivity contribution in [2.75, 3.05) is 12.4 Å². The lowest BCUT2D eigenvalue weighted by molar-refractivity contribution is -0.116. The Bertz CT molecular complexity index is 1080. The molecule has 1 N–H and O–H groups in total. The van der Waals surface area contributed by atoms with Crippen molar-refractivity contribution in [1.82, 2.24) is 9.78 Å². The molecule has 148 valence electrons. The number of ketones is 1. The molecular formula is C23H23N3O3. The van der Waals surface area contributed by atoms with E-state index in [9.17, 15) is 9.59 Å². The van der Waals surface area contributed by atoms with E-state index in [1.54, 1.807) is 36.1 Å². The van der Waals surface area contributed by atoms with Gasteiger partial charge in [-0.2, -0.15) is 5.10 Å². The smallest absolute Gasteiger partial charge is 0.226 e. The highest BCUT2D eigenvalue weighted by Gasteiger charge is 2.36. The van der Waals surface area contributed by atoms with Gasteiger partial charge in [0.1, 0.15) is 11.6 Å². The number of hydrogen-bond donors (Lipinski definition) is 1. The van der Waals surface area contributed by atoms with Gasteiger partial charge in [0.25, 0.3) is 0 Å². The number of benzene rings is 2. The summed E-state index contributed by atoms with van der Waals surface area (Å²) in [6.45, 7) is 3.97. The lowest BCUT2D eigenvalue weighted by Crippen LogP contribution is -2.28. The van der Waals surface area contributed by atoms with E-state index >= 15 is 0 Å². The van der Waals surface area contributed by atoms with E-state index in [4.69, 9.17) is 4.74 Å². The van der Waals surface area contributed by atoms with Crippen LogP contribution in [0.2, 0.25) is 0 Å². The largest absolute Gasteiger partial charge is 0.497 e. The first kappa shape index (κ1) is 18.9. The number of carbonyl (C=O) groups excluding carboxylic acids is 2. The standard InChI is InChI=1S/C23H23N3O3/c1-4-15-6-5-7-17(12-15)26-23-21(14(2)25-26)19(13-20(27)24-23)22(28)16-8-10-18(29-3)11-9-16/h5-12,19H,4,13H2,1-3H3,(H,24,27). The van der Waals surface area contributed by atoms with E-state index in [-0.39, 0.29) is 18.1 Å². The number of rotatable bonds is 5. The van der Waals surface area contributed by atoms with Crippen molar-refractivity contribution in [1.29, 1.82) is 0 Å². The van der Waals surface area contributed by atoms with E-state index in [0.29, 0.717) is 17.1 Å². The molecule has 0 spiro atoms. The minimum Gasteiger partial charge on any atom is -0.497 e. The Balaban J connectivity index is 1.78. The summed E-state index contributed by atoms with van der Waals surface area (Å²) < 4.78 is 6.90. The summed E-state index contributed by atoms with van der Waals surface area (Å²) in [5.41, 5.74) is 4.13. The third-order valence-electron chi connectivity index (χ3n) is 5.36. The molecule has 1 aliphatic rings. The van der Waals surface area contributed by atoms with Gasteiger partial charge in [-0.3, -0.25) is 9.59 Å². The fourth-order valence-corrected chi connectivity index (χ4v) is 3.82. The van der Waals surface area contributed by atoms with E-state index < -0.39 is 5.92 Å². The van der Waals surface area contributed by atoms with Crippen LogP contribution >= 0.6 is 0 Å². The predicted molar refractivity (Wildman–Crippen MR) is 111 cm³/mol. The number of Topliss-reactive ketones (excluding diaryl/α,β-unsaturated/α-hetero) is 1. The number of anilines is 1. The Hall–Kier alpha value is -3.41. The summed E-state index contributed by atoms with van der Waals surface area (Å²) in [6, 6.07) is 15.0. The molecule has 2 heterocycles. The molecule has 29 heavy (non-hydrogen) atoms. The van der Waals surface area contributed by atoms with Crippen LogP contribution in [0.25, 0.3) is 5.69 Å². The third kappa shape index (κ3) is 3.42. The van der Waals surface area contributed by atoms with Crippen molar-refractivity contribution >= 4 is 17.5 Å². The summed E-state index contributed by atoms with van der Waals surface area (Å²) >= 11 is 0. The first-order chi connectivity index (χ1) is 14.0. The normalized spacial score (nSPS) is 15.6. The number of methoxy groups -OCH3 is 1. The van der Waals surface area contributed by atoms with Gasteiger partial charge in [0.15, 0.2) is 5.78 Å². The zero-order chi connectivity index (χ0) is 20.5. The van der Waals surface area contributed by atoms with Crippen molar-refractivity contribution < 1.29 is 14.3 Å². The Kier molecular flexibility index (Phi) is 4.92. The fraction of sp³-hybridized carbons (Fsp3) is 0.261. The molecule has 0 saturated heterocycles. The summed E-state index contributed by atoms with van der Waals surface area (Å²) in [5.74, 6) is 0.434. The lowest BCUT2D eigenvalue weighted by atomic mass is 9.85. The number of carbonyl (C=O) groups is 2. The van der Waals surface area contributed by atoms with Gasteiger partial charge >= 0.3 is 0 Å². The van der Waals surface area contributed by atoms with Gasteiger partial charge in [-0.25, -0.2) is 4.68 Å². The summed E-state index contributed by atoms with van der Waals surface area (Å²) in [5, 5.41) is 7.58. The minimum atomic E-state index is -0.560. The van der Waals surface area contributed by atoms with Gasteiger partial charge in [0.05, 0.1) is 24.4 Å². The highest BCUT2D eigenvalue weighted by molar-refractivity contribution is 6.08. The van der Waals surface area contributed by atoms with Gasteiger partial charge in [-0.1, -0.05) is 19.1 Å². The average Bonchev–Trinajstić information content (AvgIpc) is 3.09. The zero-order valence-corrected chi connectivity index (χ0v) is 16.7. The maximum Gasteiger partial charge on any atom is 0.226 e. The van der Waals surface area contributed by atoms with Crippen LogP contribution in [0.1, 0.15) is 46.4 Å². The number of nitrogens with one attached hydrogen (secondary N) is 1. The number of ether oxygens (including phenoxy) is 1. The van der Waals surface area contributed by atoms with Crippen LogP contribution in [0.15, 0.2) is 48.5 Å². The van der Waals surface area contributed by atoms with Crippen molar-refractivity contribution in [2.45, 2.75) is 32.6 Å². The van der Waals surface area contributed by atoms with E-state index in [0.717, 1.165) is 23.4 Å². The average molecular weight is 389 g/mol. The Morgan fingerprint density at radius 1 is 1.24 bits per heavy atom. The molecule has 1 aromatic heterocycles. The molecule has 3 aromatic rings. The molecular weight excluding hydrogens is 366 g/mol. The number of nitrogens with zero attached hydrogens (tertiary/aromatic N) is 2. The number of aryl methyl sites for hydroxylation is 2. The van der Waals surface area contributed by atoms with Gasteiger partial charge in [0.2, 0.25) is 5.91 Å². The van der Waals surface area contributed by atoms with Crippen LogP contribution in [0.5, 0.6) is 5.75 Å². The Labute approximate surface area is 169 Å². The molecule has 0 fully saturated rings. The summed E-state index contributed by atoms with van der Waals surface area (Å²) in [7, 11) is 1.58. The molecule has 1 atom stereocenters.